The van der Waals surface area contributed by atoms with Crippen molar-refractivity contribution in [3.05, 3.63) is 0 Å². The summed E-state index contributed by atoms with van der Waals surface area (Å²) in [5, 5.41) is 0.828. The van der Waals surface area contributed by atoms with E-state index in [4.69, 9.17) is 0 Å². The lowest BCUT2D eigenvalue weighted by Gasteiger charge is -2.21. The fourth-order valence-corrected chi connectivity index (χ4v) is 3.87. The van der Waals surface area contributed by atoms with Gasteiger partial charge in [0.1, 0.15) is 0 Å². The van der Waals surface area contributed by atoms with Crippen LogP contribution in [0.4, 0.5) is 0 Å². The second-order valence-electron chi connectivity index (χ2n) is 4.92. The fraction of sp³-hybridized carbons (Fsp3) is 0.846. The first-order valence-corrected chi connectivity index (χ1v) is 7.77. The van der Waals surface area contributed by atoms with Gasteiger partial charge in [0, 0.05) is 24.6 Å². The van der Waals surface area contributed by atoms with Crippen LogP contribution in [0.15, 0.2) is 0 Å². The number of hydrogen-bond acceptors (Lipinski definition) is 3. The van der Waals surface area contributed by atoms with Crippen molar-refractivity contribution in [3.8, 4) is 0 Å². The van der Waals surface area contributed by atoms with E-state index in [-0.39, 0.29) is 11.8 Å². The normalized spacial score (nSPS) is 22.5. The Labute approximate surface area is 107 Å². The Morgan fingerprint density at radius 1 is 1.06 bits per heavy atom. The molecule has 3 nitrogen and oxygen atoms in total. The van der Waals surface area contributed by atoms with E-state index in [1.165, 1.54) is 37.0 Å². The Bertz CT molecular complexity index is 271. The molecule has 0 aromatic heterocycles. The molecule has 0 N–H and O–H groups in total. The molecular formula is C13H21NO2S. The van der Waals surface area contributed by atoms with Gasteiger partial charge in [-0.25, -0.2) is 0 Å². The van der Waals surface area contributed by atoms with Gasteiger partial charge in [0.05, 0.1) is 0 Å². The zero-order valence-electron chi connectivity index (χ0n) is 10.3. The molecule has 2 aliphatic rings. The summed E-state index contributed by atoms with van der Waals surface area (Å²) in [7, 11) is 0. The maximum Gasteiger partial charge on any atom is 0.229 e. The molecule has 1 aliphatic heterocycles. The minimum absolute atomic E-state index is 0.0256. The molecule has 4 heteroatoms. The van der Waals surface area contributed by atoms with Crippen LogP contribution < -0.4 is 0 Å². The van der Waals surface area contributed by atoms with E-state index in [1.807, 2.05) is 11.8 Å². The number of likely N-dealkylation sites (tertiary alicyclic amines) is 1. The van der Waals surface area contributed by atoms with Gasteiger partial charge in [0.25, 0.3) is 0 Å². The molecule has 1 aliphatic carbocycles. The number of carbonyl (C=O) groups is 2. The van der Waals surface area contributed by atoms with Crippen LogP contribution in [0.3, 0.4) is 0 Å². The number of amides is 2. The van der Waals surface area contributed by atoms with Gasteiger partial charge < -0.3 is 0 Å². The van der Waals surface area contributed by atoms with Crippen molar-refractivity contribution < 1.29 is 9.59 Å². The van der Waals surface area contributed by atoms with E-state index in [0.29, 0.717) is 19.4 Å². The molecule has 1 saturated heterocycles. The Morgan fingerprint density at radius 2 is 1.71 bits per heavy atom. The third-order valence-electron chi connectivity index (χ3n) is 3.59. The van der Waals surface area contributed by atoms with E-state index in [9.17, 15) is 9.59 Å². The highest BCUT2D eigenvalue weighted by Crippen LogP contribution is 2.28. The quantitative estimate of drug-likeness (QED) is 0.560. The van der Waals surface area contributed by atoms with Crippen LogP contribution >= 0.6 is 11.8 Å². The van der Waals surface area contributed by atoms with E-state index in [0.717, 1.165) is 17.4 Å². The molecule has 2 rings (SSSR count). The van der Waals surface area contributed by atoms with Crippen LogP contribution in [0.1, 0.15) is 51.4 Å². The Balaban J connectivity index is 1.59. The Hall–Kier alpha value is -0.510. The highest BCUT2D eigenvalue weighted by atomic mass is 32.2. The molecule has 0 aromatic carbocycles. The Kier molecular flexibility index (Phi) is 4.89. The summed E-state index contributed by atoms with van der Waals surface area (Å²) in [6.45, 7) is 0.636. The third-order valence-corrected chi connectivity index (χ3v) is 5.05. The summed E-state index contributed by atoms with van der Waals surface area (Å²) in [6, 6.07) is 0. The number of carbonyl (C=O) groups excluding carboxylic acids is 2. The van der Waals surface area contributed by atoms with Gasteiger partial charge >= 0.3 is 0 Å². The summed E-state index contributed by atoms with van der Waals surface area (Å²) in [6.07, 6.45) is 8.66. The molecule has 17 heavy (non-hydrogen) atoms. The number of thioether (sulfide) groups is 1. The lowest BCUT2D eigenvalue weighted by atomic mass is 10.0. The van der Waals surface area contributed by atoms with Gasteiger partial charge in [0.2, 0.25) is 11.8 Å². The SMILES string of the molecule is O=C1CCC(=O)N1CCCSC1CCCCC1. The largest absolute Gasteiger partial charge is 0.283 e. The molecule has 0 atom stereocenters. The van der Waals surface area contributed by atoms with E-state index >= 15 is 0 Å². The van der Waals surface area contributed by atoms with Crippen molar-refractivity contribution in [2.45, 2.75) is 56.6 Å². The van der Waals surface area contributed by atoms with Gasteiger partial charge in [-0.2, -0.15) is 11.8 Å². The molecule has 0 radical (unpaired) electrons. The molecule has 0 spiro atoms. The first kappa shape index (κ1) is 12.9. The molecule has 96 valence electrons. The number of nitrogens with zero attached hydrogens (tertiary/aromatic N) is 1. The number of hydrogen-bond donors (Lipinski definition) is 0. The molecule has 0 unspecified atom stereocenters. The smallest absolute Gasteiger partial charge is 0.229 e. The highest BCUT2D eigenvalue weighted by Gasteiger charge is 2.28. The van der Waals surface area contributed by atoms with Crippen molar-refractivity contribution in [1.29, 1.82) is 0 Å². The Morgan fingerprint density at radius 3 is 2.35 bits per heavy atom. The molecule has 0 aromatic rings. The van der Waals surface area contributed by atoms with Gasteiger partial charge in [-0.1, -0.05) is 19.3 Å². The van der Waals surface area contributed by atoms with E-state index < -0.39 is 0 Å². The van der Waals surface area contributed by atoms with Crippen LogP contribution in [-0.4, -0.2) is 34.3 Å². The minimum Gasteiger partial charge on any atom is -0.283 e. The molecule has 2 amide bonds. The lowest BCUT2D eigenvalue weighted by Crippen LogP contribution is -2.30. The highest BCUT2D eigenvalue weighted by molar-refractivity contribution is 7.99. The summed E-state index contributed by atoms with van der Waals surface area (Å²) >= 11 is 2.03. The lowest BCUT2D eigenvalue weighted by molar-refractivity contribution is -0.138. The molecule has 1 heterocycles. The molecular weight excluding hydrogens is 234 g/mol. The van der Waals surface area contributed by atoms with E-state index in [2.05, 4.69) is 0 Å². The predicted octanol–water partition coefficient (Wildman–Crippen LogP) is 2.59. The monoisotopic (exact) mass is 255 g/mol. The minimum atomic E-state index is 0.0256. The van der Waals surface area contributed by atoms with Crippen LogP contribution in [0.2, 0.25) is 0 Å². The van der Waals surface area contributed by atoms with Crippen molar-refractivity contribution in [2.75, 3.05) is 12.3 Å². The zero-order valence-corrected chi connectivity index (χ0v) is 11.1. The average molecular weight is 255 g/mol. The second-order valence-corrected chi connectivity index (χ2v) is 6.33. The topological polar surface area (TPSA) is 37.4 Å². The summed E-state index contributed by atoms with van der Waals surface area (Å²) in [5.41, 5.74) is 0. The molecule has 0 bridgehead atoms. The van der Waals surface area contributed by atoms with Gasteiger partial charge in [-0.05, 0) is 25.0 Å². The van der Waals surface area contributed by atoms with Gasteiger partial charge in [-0.3, -0.25) is 14.5 Å². The third kappa shape index (κ3) is 3.73. The summed E-state index contributed by atoms with van der Waals surface area (Å²) < 4.78 is 0. The second kappa shape index (κ2) is 6.43. The molecule has 1 saturated carbocycles. The van der Waals surface area contributed by atoms with Crippen LogP contribution in [0.25, 0.3) is 0 Å². The van der Waals surface area contributed by atoms with Crippen LogP contribution in [-0.2, 0) is 9.59 Å². The maximum absolute atomic E-state index is 11.4. The van der Waals surface area contributed by atoms with Crippen molar-refractivity contribution >= 4 is 23.6 Å². The first-order valence-electron chi connectivity index (χ1n) is 6.72. The summed E-state index contributed by atoms with van der Waals surface area (Å²) in [5.74, 6) is 1.14. The fourth-order valence-electron chi connectivity index (χ4n) is 2.58. The standard InChI is InChI=1S/C13H21NO2S/c15-12-7-8-13(16)14(12)9-4-10-17-11-5-2-1-3-6-11/h11H,1-10H2. The van der Waals surface area contributed by atoms with Crippen molar-refractivity contribution in [1.82, 2.24) is 4.90 Å². The van der Waals surface area contributed by atoms with Gasteiger partial charge in [-0.15, -0.1) is 0 Å². The van der Waals surface area contributed by atoms with E-state index in [1.54, 1.807) is 0 Å². The van der Waals surface area contributed by atoms with Crippen LogP contribution in [0.5, 0.6) is 0 Å². The van der Waals surface area contributed by atoms with Crippen LogP contribution in [0, 0.1) is 0 Å². The van der Waals surface area contributed by atoms with Crippen molar-refractivity contribution in [2.24, 2.45) is 0 Å². The van der Waals surface area contributed by atoms with Crippen molar-refractivity contribution in [3.63, 3.8) is 0 Å². The predicted molar refractivity (Wildman–Crippen MR) is 69.9 cm³/mol. The number of rotatable bonds is 5. The number of imide groups is 1. The molecule has 2 fully saturated rings. The van der Waals surface area contributed by atoms with Gasteiger partial charge in [0.15, 0.2) is 0 Å². The first-order chi connectivity index (χ1) is 8.27. The average Bonchev–Trinajstić information content (AvgIpc) is 2.67. The zero-order chi connectivity index (χ0) is 12.1. The summed E-state index contributed by atoms with van der Waals surface area (Å²) in [4.78, 5) is 24.2. The maximum atomic E-state index is 11.4.